The van der Waals surface area contributed by atoms with Gasteiger partial charge in [0, 0.05) is 37.9 Å². The monoisotopic (exact) mass is 397 g/mol. The van der Waals surface area contributed by atoms with Gasteiger partial charge in [-0.05, 0) is 37.2 Å². The molecule has 1 aromatic carbocycles. The summed E-state index contributed by atoms with van der Waals surface area (Å²) in [7, 11) is -2.95. The average molecular weight is 398 g/mol. The number of nitrogens with one attached hydrogen (secondary N) is 1. The third kappa shape index (κ3) is 5.64. The summed E-state index contributed by atoms with van der Waals surface area (Å²) in [6.45, 7) is 5.25. The predicted octanol–water partition coefficient (Wildman–Crippen LogP) is 1.59. The predicted molar refractivity (Wildman–Crippen MR) is 108 cm³/mol. The van der Waals surface area contributed by atoms with E-state index in [9.17, 15) is 8.42 Å². The normalized spacial score (nSPS) is 22.8. The summed E-state index contributed by atoms with van der Waals surface area (Å²) < 4.78 is 29.3. The van der Waals surface area contributed by atoms with E-state index in [0.717, 1.165) is 51.5 Å². The number of nitrogens with zero attached hydrogens (tertiary/aromatic N) is 2. The van der Waals surface area contributed by atoms with Crippen molar-refractivity contribution in [2.45, 2.75) is 18.9 Å². The molecule has 0 radical (unpaired) electrons. The van der Waals surface area contributed by atoms with Crippen molar-refractivity contribution in [1.29, 1.82) is 0 Å². The Balaban J connectivity index is 1.60. The lowest BCUT2D eigenvalue weighted by molar-refractivity contribution is 0.0366. The lowest BCUT2D eigenvalue weighted by Gasteiger charge is -2.32. The average Bonchev–Trinajstić information content (AvgIpc) is 3.00. The maximum Gasteiger partial charge on any atom is 0.173 e. The van der Waals surface area contributed by atoms with Crippen molar-refractivity contribution in [3.63, 3.8) is 0 Å². The smallest absolute Gasteiger partial charge is 0.173 e. The summed E-state index contributed by atoms with van der Waals surface area (Å²) in [5, 5.41) is 3.87. The quantitative estimate of drug-likeness (QED) is 0.732. The van der Waals surface area contributed by atoms with E-state index >= 15 is 0 Å². The molecule has 6 nitrogen and oxygen atoms in total. The highest BCUT2D eigenvalue weighted by Gasteiger charge is 2.33. The van der Waals surface area contributed by atoms with Gasteiger partial charge in [-0.1, -0.05) is 18.2 Å². The van der Waals surface area contributed by atoms with Crippen molar-refractivity contribution in [2.24, 2.45) is 0 Å². The fourth-order valence-electron chi connectivity index (χ4n) is 3.48. The maximum atomic E-state index is 11.9. The lowest BCUT2D eigenvalue weighted by atomic mass is 10.2. The molecule has 1 N–H and O–H groups in total. The molecule has 1 aromatic rings. The van der Waals surface area contributed by atoms with Crippen molar-refractivity contribution in [2.75, 3.05) is 56.2 Å². The Morgan fingerprint density at radius 1 is 1.27 bits per heavy atom. The summed E-state index contributed by atoms with van der Waals surface area (Å²) >= 11 is 5.63. The van der Waals surface area contributed by atoms with E-state index in [0.29, 0.717) is 11.5 Å². The van der Waals surface area contributed by atoms with Gasteiger partial charge in [0.1, 0.15) is 0 Å². The Morgan fingerprint density at radius 2 is 2.00 bits per heavy atom. The minimum Gasteiger partial charge on any atom is -0.379 e. The van der Waals surface area contributed by atoms with E-state index in [2.05, 4.69) is 15.1 Å². The zero-order valence-electron chi connectivity index (χ0n) is 15.0. The van der Waals surface area contributed by atoms with Crippen LogP contribution in [-0.2, 0) is 14.6 Å². The molecule has 0 bridgehead atoms. The van der Waals surface area contributed by atoms with Gasteiger partial charge >= 0.3 is 0 Å². The number of ether oxygens (including phenoxy) is 1. The van der Waals surface area contributed by atoms with Gasteiger partial charge in [-0.15, -0.1) is 0 Å². The number of benzene rings is 1. The van der Waals surface area contributed by atoms with Crippen LogP contribution in [-0.4, -0.2) is 80.3 Å². The third-order valence-corrected chi connectivity index (χ3v) is 7.00. The van der Waals surface area contributed by atoms with Gasteiger partial charge in [-0.3, -0.25) is 4.90 Å². The second-order valence-corrected chi connectivity index (χ2v) is 9.47. The zero-order chi connectivity index (χ0) is 18.4. The van der Waals surface area contributed by atoms with Gasteiger partial charge in [-0.2, -0.15) is 0 Å². The SMILES string of the molecule is O=S1(=O)CC[C@@H](N(CCCN2CCOCC2)C(=S)Nc2ccccc2)C1. The number of hydrogen-bond donors (Lipinski definition) is 1. The minimum absolute atomic E-state index is 0.0339. The number of thiocarbonyl (C=S) groups is 1. The molecule has 0 aliphatic carbocycles. The fraction of sp³-hybridized carbons (Fsp3) is 0.611. The Bertz CT molecular complexity index is 691. The molecule has 0 amide bonds. The standard InChI is InChI=1S/C18H27N3O3S2/c22-26(23)14-7-17(15-26)21(9-4-8-20-10-12-24-13-11-20)18(25)19-16-5-2-1-3-6-16/h1-3,5-6,17H,4,7-15H2,(H,19,25)/t17-/m1/s1. The molecule has 2 fully saturated rings. The molecule has 2 saturated heterocycles. The Kier molecular flexibility index (Phi) is 6.86. The Morgan fingerprint density at radius 3 is 2.65 bits per heavy atom. The van der Waals surface area contributed by atoms with Gasteiger partial charge in [0.15, 0.2) is 14.9 Å². The van der Waals surface area contributed by atoms with Crippen LogP contribution in [0.3, 0.4) is 0 Å². The first kappa shape index (κ1) is 19.5. The summed E-state index contributed by atoms with van der Waals surface area (Å²) in [4.78, 5) is 4.47. The highest BCUT2D eigenvalue weighted by Crippen LogP contribution is 2.20. The molecular weight excluding hydrogens is 370 g/mol. The molecule has 2 aliphatic heterocycles. The van der Waals surface area contributed by atoms with Crippen molar-refractivity contribution >= 4 is 32.9 Å². The zero-order valence-corrected chi connectivity index (χ0v) is 16.6. The van der Waals surface area contributed by atoms with E-state index in [4.69, 9.17) is 17.0 Å². The molecule has 0 aromatic heterocycles. The molecule has 2 aliphatic rings. The van der Waals surface area contributed by atoms with Crippen molar-refractivity contribution in [3.8, 4) is 0 Å². The van der Waals surface area contributed by atoms with Crippen LogP contribution in [0.25, 0.3) is 0 Å². The van der Waals surface area contributed by atoms with Gasteiger partial charge in [0.2, 0.25) is 0 Å². The van der Waals surface area contributed by atoms with E-state index < -0.39 is 9.84 Å². The molecule has 26 heavy (non-hydrogen) atoms. The van der Waals surface area contributed by atoms with Crippen LogP contribution < -0.4 is 5.32 Å². The Labute approximate surface area is 161 Å². The topological polar surface area (TPSA) is 61.9 Å². The Hall–Kier alpha value is -1.22. The molecule has 8 heteroatoms. The van der Waals surface area contributed by atoms with Crippen LogP contribution in [0.4, 0.5) is 5.69 Å². The van der Waals surface area contributed by atoms with Gasteiger partial charge < -0.3 is 15.0 Å². The molecule has 144 valence electrons. The van der Waals surface area contributed by atoms with Crippen LogP contribution in [0.1, 0.15) is 12.8 Å². The number of hydrogen-bond acceptors (Lipinski definition) is 5. The second-order valence-electron chi connectivity index (χ2n) is 6.85. The van der Waals surface area contributed by atoms with Gasteiger partial charge in [0.05, 0.1) is 24.7 Å². The number of anilines is 1. The van der Waals surface area contributed by atoms with E-state index in [1.165, 1.54) is 0 Å². The van der Waals surface area contributed by atoms with E-state index in [1.807, 2.05) is 30.3 Å². The van der Waals surface area contributed by atoms with Crippen LogP contribution >= 0.6 is 12.2 Å². The van der Waals surface area contributed by atoms with Gasteiger partial charge in [-0.25, -0.2) is 8.42 Å². The largest absolute Gasteiger partial charge is 0.379 e. The molecule has 0 saturated carbocycles. The number of rotatable bonds is 6. The maximum absolute atomic E-state index is 11.9. The van der Waals surface area contributed by atoms with Crippen molar-refractivity contribution < 1.29 is 13.2 Å². The van der Waals surface area contributed by atoms with Crippen LogP contribution in [0.5, 0.6) is 0 Å². The first-order valence-corrected chi connectivity index (χ1v) is 11.4. The third-order valence-electron chi connectivity index (χ3n) is 4.91. The molecule has 1 atom stereocenters. The first-order chi connectivity index (χ1) is 12.5. The summed E-state index contributed by atoms with van der Waals surface area (Å²) in [6.07, 6.45) is 1.60. The van der Waals surface area contributed by atoms with Crippen LogP contribution in [0, 0.1) is 0 Å². The molecule has 0 unspecified atom stereocenters. The van der Waals surface area contributed by atoms with E-state index in [-0.39, 0.29) is 17.5 Å². The number of para-hydroxylation sites is 1. The molecule has 3 rings (SSSR count). The van der Waals surface area contributed by atoms with Crippen molar-refractivity contribution in [3.05, 3.63) is 30.3 Å². The summed E-state index contributed by atoms with van der Waals surface area (Å²) in [5.41, 5.74) is 0.927. The lowest BCUT2D eigenvalue weighted by Crippen LogP contribution is -2.45. The number of sulfone groups is 1. The second kappa shape index (κ2) is 9.12. The van der Waals surface area contributed by atoms with Gasteiger partial charge in [0.25, 0.3) is 0 Å². The molecular formula is C18H27N3O3S2. The van der Waals surface area contributed by atoms with Crippen LogP contribution in [0.2, 0.25) is 0 Å². The van der Waals surface area contributed by atoms with Crippen LogP contribution in [0.15, 0.2) is 30.3 Å². The summed E-state index contributed by atoms with van der Waals surface area (Å²) in [6, 6.07) is 9.75. The summed E-state index contributed by atoms with van der Waals surface area (Å²) in [5.74, 6) is 0.451. The highest BCUT2D eigenvalue weighted by atomic mass is 32.2. The molecule has 2 heterocycles. The first-order valence-electron chi connectivity index (χ1n) is 9.17. The highest BCUT2D eigenvalue weighted by molar-refractivity contribution is 7.91. The fourth-order valence-corrected chi connectivity index (χ4v) is 5.57. The van der Waals surface area contributed by atoms with Crippen molar-refractivity contribution in [1.82, 2.24) is 9.80 Å². The molecule has 0 spiro atoms. The number of morpholine rings is 1. The van der Waals surface area contributed by atoms with E-state index in [1.54, 1.807) is 0 Å². The minimum atomic E-state index is -2.95.